The van der Waals surface area contributed by atoms with Gasteiger partial charge in [0.15, 0.2) is 11.5 Å². The second kappa shape index (κ2) is 11.0. The summed E-state index contributed by atoms with van der Waals surface area (Å²) in [5.41, 5.74) is 3.77. The van der Waals surface area contributed by atoms with E-state index in [4.69, 9.17) is 9.47 Å². The Morgan fingerprint density at radius 1 is 1.03 bits per heavy atom. The Kier molecular flexibility index (Phi) is 7.88. The molecule has 34 heavy (non-hydrogen) atoms. The molecule has 0 aliphatic carbocycles. The van der Waals surface area contributed by atoms with Crippen molar-refractivity contribution in [3.8, 4) is 11.5 Å². The number of nitrogens with one attached hydrogen (secondary N) is 1. The van der Waals surface area contributed by atoms with Gasteiger partial charge in [-0.15, -0.1) is 0 Å². The zero-order valence-corrected chi connectivity index (χ0v) is 19.2. The van der Waals surface area contributed by atoms with Crippen molar-refractivity contribution >= 4 is 39.4 Å². The van der Waals surface area contributed by atoms with E-state index in [1.165, 1.54) is 49.7 Å². The number of nitro benzene ring substituents is 2. The number of benzene rings is 3. The molecule has 12 heteroatoms. The molecule has 1 N–H and O–H groups in total. The van der Waals surface area contributed by atoms with E-state index >= 15 is 0 Å². The summed E-state index contributed by atoms with van der Waals surface area (Å²) >= 11 is 3.42. The summed E-state index contributed by atoms with van der Waals surface area (Å²) in [6.45, 7) is 0.158. The van der Waals surface area contributed by atoms with Gasteiger partial charge in [0, 0.05) is 29.8 Å². The van der Waals surface area contributed by atoms with E-state index in [-0.39, 0.29) is 23.5 Å². The van der Waals surface area contributed by atoms with Crippen molar-refractivity contribution in [1.82, 2.24) is 5.43 Å². The maximum absolute atomic E-state index is 12.2. The molecule has 3 rings (SSSR count). The van der Waals surface area contributed by atoms with E-state index in [1.54, 1.807) is 24.3 Å². The number of hydrogen-bond donors (Lipinski definition) is 1. The normalized spacial score (nSPS) is 10.6. The van der Waals surface area contributed by atoms with Crippen LogP contribution in [-0.2, 0) is 6.61 Å². The number of hydrazone groups is 1. The molecule has 3 aromatic carbocycles. The van der Waals surface area contributed by atoms with Gasteiger partial charge in [-0.3, -0.25) is 25.0 Å². The van der Waals surface area contributed by atoms with Crippen molar-refractivity contribution in [2.24, 2.45) is 5.10 Å². The number of amides is 1. The van der Waals surface area contributed by atoms with Crippen LogP contribution in [0.3, 0.4) is 0 Å². The first kappa shape index (κ1) is 24.3. The number of rotatable bonds is 9. The fourth-order valence-corrected chi connectivity index (χ4v) is 3.36. The highest BCUT2D eigenvalue weighted by molar-refractivity contribution is 9.10. The van der Waals surface area contributed by atoms with Gasteiger partial charge in [-0.05, 0) is 63.5 Å². The quantitative estimate of drug-likeness (QED) is 0.242. The Morgan fingerprint density at radius 2 is 1.62 bits per heavy atom. The SMILES string of the molecule is COc1cc(C=NNC(=O)c2ccc([N+](=O)[O-])cc2)cc(Br)c1OCc1ccc([N+](=O)[O-])cc1. The Labute approximate surface area is 201 Å². The highest BCUT2D eigenvalue weighted by atomic mass is 79.9. The van der Waals surface area contributed by atoms with Crippen LogP contribution in [0, 0.1) is 20.2 Å². The first-order chi connectivity index (χ1) is 16.3. The minimum Gasteiger partial charge on any atom is -0.493 e. The number of methoxy groups -OCH3 is 1. The maximum atomic E-state index is 12.2. The summed E-state index contributed by atoms with van der Waals surface area (Å²) in [6, 6.07) is 14.5. The van der Waals surface area contributed by atoms with E-state index in [2.05, 4.69) is 26.5 Å². The molecule has 0 aromatic heterocycles. The second-order valence-electron chi connectivity index (χ2n) is 6.75. The Morgan fingerprint density at radius 3 is 2.18 bits per heavy atom. The van der Waals surface area contributed by atoms with Gasteiger partial charge in [0.05, 0.1) is 27.6 Å². The first-order valence-electron chi connectivity index (χ1n) is 9.60. The van der Waals surface area contributed by atoms with E-state index in [0.29, 0.717) is 21.5 Å². The van der Waals surface area contributed by atoms with Crippen molar-refractivity contribution in [1.29, 1.82) is 0 Å². The average molecular weight is 529 g/mol. The molecule has 1 amide bonds. The average Bonchev–Trinajstić information content (AvgIpc) is 2.83. The summed E-state index contributed by atoms with van der Waals surface area (Å²) in [7, 11) is 1.47. The molecule has 0 bridgehead atoms. The number of ether oxygens (including phenoxy) is 2. The lowest BCUT2D eigenvalue weighted by atomic mass is 10.2. The topological polar surface area (TPSA) is 146 Å². The van der Waals surface area contributed by atoms with E-state index in [0.717, 1.165) is 5.56 Å². The zero-order chi connectivity index (χ0) is 24.7. The van der Waals surface area contributed by atoms with Crippen molar-refractivity contribution < 1.29 is 24.1 Å². The molecule has 0 aliphatic rings. The third kappa shape index (κ3) is 6.13. The van der Waals surface area contributed by atoms with Crippen molar-refractivity contribution in [2.45, 2.75) is 6.61 Å². The van der Waals surface area contributed by atoms with Crippen molar-refractivity contribution in [2.75, 3.05) is 7.11 Å². The monoisotopic (exact) mass is 528 g/mol. The van der Waals surface area contributed by atoms with E-state index in [1.807, 2.05) is 0 Å². The van der Waals surface area contributed by atoms with Crippen LogP contribution in [-0.4, -0.2) is 29.1 Å². The molecule has 0 spiro atoms. The standard InChI is InChI=1S/C22H17BrN4O7/c1-33-20-11-15(12-24-25-22(28)16-4-8-18(9-5-16)27(31)32)10-19(23)21(20)34-13-14-2-6-17(7-3-14)26(29)30/h2-12H,13H2,1H3,(H,25,28). The number of non-ortho nitro benzene ring substituents is 2. The second-order valence-corrected chi connectivity index (χ2v) is 7.60. The molecule has 0 saturated heterocycles. The van der Waals surface area contributed by atoms with Gasteiger partial charge in [-0.2, -0.15) is 5.10 Å². The van der Waals surface area contributed by atoms with Crippen LogP contribution >= 0.6 is 15.9 Å². The molecular weight excluding hydrogens is 512 g/mol. The number of halogens is 1. The minimum absolute atomic E-state index is 0.00757. The third-order valence-electron chi connectivity index (χ3n) is 4.50. The molecule has 0 fully saturated rings. The zero-order valence-electron chi connectivity index (χ0n) is 17.6. The van der Waals surface area contributed by atoms with Gasteiger partial charge < -0.3 is 9.47 Å². The van der Waals surface area contributed by atoms with Crippen LogP contribution in [0.4, 0.5) is 11.4 Å². The van der Waals surface area contributed by atoms with Crippen LogP contribution in [0.25, 0.3) is 0 Å². The largest absolute Gasteiger partial charge is 0.493 e. The Hall–Kier alpha value is -4.32. The van der Waals surface area contributed by atoms with Crippen LogP contribution in [0.15, 0.2) is 70.2 Å². The molecular formula is C22H17BrN4O7. The summed E-state index contributed by atoms with van der Waals surface area (Å²) in [6.07, 6.45) is 1.40. The first-order valence-corrected chi connectivity index (χ1v) is 10.4. The lowest BCUT2D eigenvalue weighted by Crippen LogP contribution is -2.17. The fraction of sp³-hybridized carbons (Fsp3) is 0.0909. The van der Waals surface area contributed by atoms with E-state index in [9.17, 15) is 25.0 Å². The smallest absolute Gasteiger partial charge is 0.271 e. The predicted octanol–water partition coefficient (Wildman–Crippen LogP) is 4.62. The number of carbonyl (C=O) groups is 1. The number of nitrogens with zero attached hydrogens (tertiary/aromatic N) is 3. The Bertz CT molecular complexity index is 1250. The van der Waals surface area contributed by atoms with E-state index < -0.39 is 15.8 Å². The van der Waals surface area contributed by atoms with Crippen molar-refractivity contribution in [3.05, 3.63) is 102 Å². The molecule has 0 saturated carbocycles. The number of carbonyl (C=O) groups excluding carboxylic acids is 1. The summed E-state index contributed by atoms with van der Waals surface area (Å²) in [5, 5.41) is 25.4. The Balaban J connectivity index is 1.66. The molecule has 0 radical (unpaired) electrons. The molecule has 0 heterocycles. The highest BCUT2D eigenvalue weighted by Gasteiger charge is 2.13. The van der Waals surface area contributed by atoms with Crippen LogP contribution in [0.5, 0.6) is 11.5 Å². The van der Waals surface area contributed by atoms with Gasteiger partial charge >= 0.3 is 0 Å². The molecule has 11 nitrogen and oxygen atoms in total. The third-order valence-corrected chi connectivity index (χ3v) is 5.09. The molecule has 3 aromatic rings. The molecule has 0 aliphatic heterocycles. The molecule has 0 atom stereocenters. The highest BCUT2D eigenvalue weighted by Crippen LogP contribution is 2.37. The molecule has 0 unspecified atom stereocenters. The number of hydrogen-bond acceptors (Lipinski definition) is 8. The lowest BCUT2D eigenvalue weighted by molar-refractivity contribution is -0.385. The predicted molar refractivity (Wildman–Crippen MR) is 126 cm³/mol. The fourth-order valence-electron chi connectivity index (χ4n) is 2.79. The lowest BCUT2D eigenvalue weighted by Gasteiger charge is -2.13. The van der Waals surface area contributed by atoms with Gasteiger partial charge in [0.2, 0.25) is 0 Å². The summed E-state index contributed by atoms with van der Waals surface area (Å²) < 4.78 is 11.8. The maximum Gasteiger partial charge on any atom is 0.271 e. The summed E-state index contributed by atoms with van der Waals surface area (Å²) in [5.74, 6) is 0.299. The van der Waals surface area contributed by atoms with Crippen LogP contribution < -0.4 is 14.9 Å². The van der Waals surface area contributed by atoms with Crippen LogP contribution in [0.2, 0.25) is 0 Å². The number of nitro groups is 2. The van der Waals surface area contributed by atoms with Crippen molar-refractivity contribution in [3.63, 3.8) is 0 Å². The molecule has 174 valence electrons. The van der Waals surface area contributed by atoms with Crippen LogP contribution in [0.1, 0.15) is 21.5 Å². The van der Waals surface area contributed by atoms with Gasteiger partial charge in [0.25, 0.3) is 17.3 Å². The van der Waals surface area contributed by atoms with Gasteiger partial charge in [-0.1, -0.05) is 0 Å². The minimum atomic E-state index is -0.551. The van der Waals surface area contributed by atoms with Gasteiger partial charge in [-0.25, -0.2) is 5.43 Å². The summed E-state index contributed by atoms with van der Waals surface area (Å²) in [4.78, 5) is 32.6. The van der Waals surface area contributed by atoms with Gasteiger partial charge in [0.1, 0.15) is 6.61 Å².